The second-order valence-electron chi connectivity index (χ2n) is 7.40. The van der Waals surface area contributed by atoms with Crippen molar-refractivity contribution in [2.75, 3.05) is 11.5 Å². The first-order valence-electron chi connectivity index (χ1n) is 10.1. The molecule has 10 heteroatoms. The van der Waals surface area contributed by atoms with Crippen LogP contribution in [0.5, 0.6) is 5.75 Å². The number of nitrogens with zero attached hydrogens (tertiary/aromatic N) is 3. The Morgan fingerprint density at radius 1 is 1.24 bits per heavy atom. The van der Waals surface area contributed by atoms with Crippen molar-refractivity contribution < 1.29 is 19.1 Å². The molecule has 4 rings (SSSR count). The lowest BCUT2D eigenvalue weighted by Crippen LogP contribution is -2.48. The van der Waals surface area contributed by atoms with Gasteiger partial charge in [-0.15, -0.1) is 5.10 Å². The molecule has 1 atom stereocenters. The molecule has 2 aromatic rings. The zero-order valence-electron chi connectivity index (χ0n) is 18.0. The number of carbonyl (C=O) groups excluding carboxylic acids is 3. The van der Waals surface area contributed by atoms with Crippen LogP contribution in [0.3, 0.4) is 0 Å². The molecule has 33 heavy (non-hydrogen) atoms. The van der Waals surface area contributed by atoms with Crippen LogP contribution in [-0.2, 0) is 25.8 Å². The fourth-order valence-electron chi connectivity index (χ4n) is 3.87. The number of fused-ring (bicyclic) bond motifs is 2. The van der Waals surface area contributed by atoms with Gasteiger partial charge < -0.3 is 15.0 Å². The maximum atomic E-state index is 14.0. The van der Waals surface area contributed by atoms with Gasteiger partial charge in [0.2, 0.25) is 16.7 Å². The molecule has 2 aliphatic heterocycles. The molecule has 2 aromatic carbocycles. The molecule has 0 aliphatic carbocycles. The number of ether oxygens (including phenoxy) is 1. The summed E-state index contributed by atoms with van der Waals surface area (Å²) >= 11 is 7.58. The van der Waals surface area contributed by atoms with Crippen molar-refractivity contribution in [1.29, 1.82) is 0 Å². The number of nitrogens with one attached hydrogen (secondary N) is 1. The number of anilines is 1. The summed E-state index contributed by atoms with van der Waals surface area (Å²) in [6.07, 6.45) is 1.64. The highest BCUT2D eigenvalue weighted by atomic mass is 35.5. The van der Waals surface area contributed by atoms with Crippen LogP contribution in [0.25, 0.3) is 0 Å². The van der Waals surface area contributed by atoms with Crippen LogP contribution >= 0.6 is 23.4 Å². The smallest absolute Gasteiger partial charge is 0.271 e. The third-order valence-electron chi connectivity index (χ3n) is 5.13. The first-order valence-corrected chi connectivity index (χ1v) is 11.3. The van der Waals surface area contributed by atoms with E-state index in [1.54, 1.807) is 24.3 Å². The largest absolute Gasteiger partial charge is 0.489 e. The van der Waals surface area contributed by atoms with Crippen molar-refractivity contribution in [1.82, 2.24) is 10.3 Å². The molecule has 3 amide bonds. The van der Waals surface area contributed by atoms with E-state index in [2.05, 4.69) is 17.0 Å². The maximum absolute atomic E-state index is 14.0. The van der Waals surface area contributed by atoms with Gasteiger partial charge in [-0.3, -0.25) is 14.4 Å². The number of para-hydroxylation sites is 2. The lowest BCUT2D eigenvalue weighted by molar-refractivity contribution is -0.139. The Morgan fingerprint density at radius 2 is 2.00 bits per heavy atom. The third-order valence-corrected chi connectivity index (χ3v) is 6.67. The van der Waals surface area contributed by atoms with Gasteiger partial charge in [0.25, 0.3) is 5.91 Å². The molecule has 1 spiro atoms. The summed E-state index contributed by atoms with van der Waals surface area (Å²) in [5.74, 6) is -0.590. The lowest BCUT2D eigenvalue weighted by Gasteiger charge is -2.29. The van der Waals surface area contributed by atoms with E-state index in [0.29, 0.717) is 28.6 Å². The van der Waals surface area contributed by atoms with Gasteiger partial charge in [0, 0.05) is 25.0 Å². The van der Waals surface area contributed by atoms with Crippen LogP contribution in [0.1, 0.15) is 25.0 Å². The summed E-state index contributed by atoms with van der Waals surface area (Å²) in [5, 5.41) is 8.47. The number of amides is 3. The van der Waals surface area contributed by atoms with Gasteiger partial charge in [0.05, 0.1) is 17.3 Å². The van der Waals surface area contributed by atoms with Crippen molar-refractivity contribution in [2.24, 2.45) is 5.10 Å². The van der Waals surface area contributed by atoms with Crippen LogP contribution < -0.4 is 15.0 Å². The number of rotatable bonds is 5. The van der Waals surface area contributed by atoms with E-state index in [1.165, 1.54) is 18.7 Å². The van der Waals surface area contributed by atoms with Crippen molar-refractivity contribution in [3.8, 4) is 5.75 Å². The zero-order chi connectivity index (χ0) is 23.8. The van der Waals surface area contributed by atoms with Gasteiger partial charge in [-0.1, -0.05) is 54.6 Å². The number of thioether (sulfide) groups is 1. The highest BCUT2D eigenvalue weighted by Gasteiger charge is 2.61. The monoisotopic (exact) mass is 484 g/mol. The van der Waals surface area contributed by atoms with Crippen LogP contribution in [0.15, 0.2) is 60.2 Å². The first kappa shape index (κ1) is 22.9. The Hall–Kier alpha value is -3.30. The standard InChI is InChI=1S/C23H21ClN4O4S/c1-4-12-32-19-11-6-5-8-16(19)13-27-20-17(9-7-10-18(20)24)23(21(27)31)28(15(3)30)26-22(33-23)25-14(2)29/h4-11H,1,12-13H2,2-3H3,(H,25,26,29). The van der Waals surface area contributed by atoms with Crippen LogP contribution in [-0.4, -0.2) is 34.5 Å². The predicted molar refractivity (Wildman–Crippen MR) is 128 cm³/mol. The molecule has 1 unspecified atom stereocenters. The minimum Gasteiger partial charge on any atom is -0.489 e. The van der Waals surface area contributed by atoms with Gasteiger partial charge in [0.1, 0.15) is 12.4 Å². The van der Waals surface area contributed by atoms with E-state index in [9.17, 15) is 14.4 Å². The number of benzene rings is 2. The normalized spacial score (nSPS) is 18.9. The lowest BCUT2D eigenvalue weighted by atomic mass is 10.1. The van der Waals surface area contributed by atoms with E-state index >= 15 is 0 Å². The average molecular weight is 485 g/mol. The second-order valence-corrected chi connectivity index (χ2v) is 8.99. The third kappa shape index (κ3) is 3.87. The number of halogens is 1. The second kappa shape index (κ2) is 8.92. The Balaban J connectivity index is 1.81. The van der Waals surface area contributed by atoms with E-state index in [0.717, 1.165) is 22.3 Å². The maximum Gasteiger partial charge on any atom is 0.271 e. The Kier molecular flexibility index (Phi) is 6.18. The first-order chi connectivity index (χ1) is 15.8. The molecule has 0 bridgehead atoms. The minimum absolute atomic E-state index is 0.159. The molecule has 1 N–H and O–H groups in total. The SMILES string of the molecule is C=CCOc1ccccc1CN1C(=O)C2(SC(NC(C)=O)=NN2C(C)=O)c2cccc(Cl)c21. The van der Waals surface area contributed by atoms with E-state index in [-0.39, 0.29) is 17.6 Å². The number of hydrogen-bond donors (Lipinski definition) is 1. The fraction of sp³-hybridized carbons (Fsp3) is 0.217. The zero-order valence-corrected chi connectivity index (χ0v) is 19.6. The summed E-state index contributed by atoms with van der Waals surface area (Å²) in [6, 6.07) is 12.5. The Bertz CT molecular complexity index is 1200. The molecule has 0 radical (unpaired) electrons. The topological polar surface area (TPSA) is 91.3 Å². The van der Waals surface area contributed by atoms with Crippen molar-refractivity contribution in [3.63, 3.8) is 0 Å². The molecule has 2 aliphatic rings. The summed E-state index contributed by atoms with van der Waals surface area (Å²) < 4.78 is 5.76. The molecular weight excluding hydrogens is 464 g/mol. The average Bonchev–Trinajstić information content (AvgIpc) is 3.26. The number of carbonyl (C=O) groups is 3. The summed E-state index contributed by atoms with van der Waals surface area (Å²) in [6.45, 7) is 6.80. The van der Waals surface area contributed by atoms with E-state index in [4.69, 9.17) is 16.3 Å². The van der Waals surface area contributed by atoms with Crippen LogP contribution in [0.2, 0.25) is 5.02 Å². The highest BCUT2D eigenvalue weighted by Crippen LogP contribution is 2.56. The van der Waals surface area contributed by atoms with Crippen LogP contribution in [0.4, 0.5) is 5.69 Å². The molecule has 0 saturated carbocycles. The molecule has 2 heterocycles. The van der Waals surface area contributed by atoms with E-state index < -0.39 is 16.7 Å². The number of hydrazone groups is 1. The van der Waals surface area contributed by atoms with Gasteiger partial charge in [-0.2, -0.15) is 5.01 Å². The minimum atomic E-state index is -1.51. The van der Waals surface area contributed by atoms with Crippen molar-refractivity contribution >= 4 is 51.9 Å². The molecular formula is C23H21ClN4O4S. The molecule has 0 saturated heterocycles. The van der Waals surface area contributed by atoms with Crippen LogP contribution in [0, 0.1) is 0 Å². The Labute approximate surface area is 200 Å². The Morgan fingerprint density at radius 3 is 2.70 bits per heavy atom. The van der Waals surface area contributed by atoms with Crippen molar-refractivity contribution in [2.45, 2.75) is 25.3 Å². The highest BCUT2D eigenvalue weighted by molar-refractivity contribution is 8.15. The van der Waals surface area contributed by atoms with Gasteiger partial charge in [-0.05, 0) is 23.9 Å². The van der Waals surface area contributed by atoms with E-state index in [1.807, 2.05) is 24.3 Å². The summed E-state index contributed by atoms with van der Waals surface area (Å²) in [4.78, 5) is 38.3. The number of amidine groups is 1. The molecule has 170 valence electrons. The molecule has 8 nitrogen and oxygen atoms in total. The van der Waals surface area contributed by atoms with Crippen molar-refractivity contribution in [3.05, 3.63) is 71.3 Å². The molecule has 0 fully saturated rings. The molecule has 0 aromatic heterocycles. The quantitative estimate of drug-likeness (QED) is 0.655. The fourth-order valence-corrected chi connectivity index (χ4v) is 5.47. The predicted octanol–water partition coefficient (Wildman–Crippen LogP) is 3.61. The van der Waals surface area contributed by atoms with Gasteiger partial charge >= 0.3 is 0 Å². The number of hydrogen-bond acceptors (Lipinski definition) is 6. The van der Waals surface area contributed by atoms with Gasteiger partial charge in [0.15, 0.2) is 5.17 Å². The summed E-state index contributed by atoms with van der Waals surface area (Å²) in [7, 11) is 0. The summed E-state index contributed by atoms with van der Waals surface area (Å²) in [5.41, 5.74) is 1.77. The van der Waals surface area contributed by atoms with Gasteiger partial charge in [-0.25, -0.2) is 0 Å².